The van der Waals surface area contributed by atoms with E-state index in [0.717, 1.165) is 76.0 Å². The Balaban J connectivity index is 0.000000290. The smallest absolute Gasteiger partial charge is 0.257 e. The van der Waals surface area contributed by atoms with Crippen LogP contribution in [0.25, 0.3) is 0 Å². The third-order valence-corrected chi connectivity index (χ3v) is 9.76. The number of hydrogen-bond acceptors (Lipinski definition) is 7. The van der Waals surface area contributed by atoms with Gasteiger partial charge in [-0.15, -0.1) is 0 Å². The monoisotopic (exact) mass is 730 g/mol. The summed E-state index contributed by atoms with van der Waals surface area (Å²) in [4.78, 5) is 19.7. The van der Waals surface area contributed by atoms with Crippen molar-refractivity contribution in [3.8, 4) is 11.5 Å². The van der Waals surface area contributed by atoms with Crippen LogP contribution in [0.5, 0.6) is 11.5 Å². The lowest BCUT2D eigenvalue weighted by atomic mass is 9.91. The normalized spacial score (nSPS) is 11.6. The number of aromatic nitrogens is 4. The maximum atomic E-state index is 11.6. The number of imidazole rings is 2. The summed E-state index contributed by atoms with van der Waals surface area (Å²) in [5.41, 5.74) is 4.45. The number of phenolic OH excluding ortho intramolecular Hbond substituents is 1. The Morgan fingerprint density at radius 1 is 0.736 bits per heavy atom. The summed E-state index contributed by atoms with van der Waals surface area (Å²) in [5.74, 6) is 1.11. The molecule has 0 saturated heterocycles. The molecule has 0 aliphatic carbocycles. The molecule has 10 heteroatoms. The van der Waals surface area contributed by atoms with Crippen molar-refractivity contribution < 1.29 is 14.6 Å². The first-order valence-electron chi connectivity index (χ1n) is 19.7. The maximum absolute atomic E-state index is 11.6. The third kappa shape index (κ3) is 15.4. The minimum Gasteiger partial charge on any atom is -0.508 e. The Kier molecular flexibility index (Phi) is 18.6. The van der Waals surface area contributed by atoms with E-state index in [-0.39, 0.29) is 23.6 Å². The van der Waals surface area contributed by atoms with Crippen LogP contribution in [0, 0.1) is 0 Å². The fourth-order valence-corrected chi connectivity index (χ4v) is 6.19. The number of likely N-dealkylation sites (N-methyl/N-ethyl adjacent to an activating group) is 1. The van der Waals surface area contributed by atoms with E-state index in [1.165, 1.54) is 42.4 Å². The van der Waals surface area contributed by atoms with Gasteiger partial charge < -0.3 is 34.9 Å². The second kappa shape index (κ2) is 22.8. The van der Waals surface area contributed by atoms with Crippen molar-refractivity contribution in [3.05, 3.63) is 96.1 Å². The molecule has 0 bridgehead atoms. The van der Waals surface area contributed by atoms with E-state index < -0.39 is 0 Å². The number of carbonyl (C=O) groups is 1. The van der Waals surface area contributed by atoms with Gasteiger partial charge in [-0.25, -0.2) is 9.97 Å². The quantitative estimate of drug-likeness (QED) is 0.0574. The molecule has 0 aliphatic rings. The molecule has 2 aromatic heterocycles. The van der Waals surface area contributed by atoms with Crippen molar-refractivity contribution in [3.63, 3.8) is 0 Å². The van der Waals surface area contributed by atoms with E-state index in [1.54, 1.807) is 7.05 Å². The Bertz CT molecular complexity index is 1580. The molecule has 4 N–H and O–H groups in total. The lowest BCUT2D eigenvalue weighted by Crippen LogP contribution is -2.37. The summed E-state index contributed by atoms with van der Waals surface area (Å²) in [6.07, 6.45) is 22.3. The Labute approximate surface area is 319 Å². The zero-order valence-corrected chi connectivity index (χ0v) is 33.6. The number of nitrogens with zero attached hydrogens (tertiary/aromatic N) is 4. The zero-order chi connectivity index (χ0) is 38.5. The van der Waals surface area contributed by atoms with Gasteiger partial charge in [0.15, 0.2) is 6.61 Å². The lowest BCUT2D eigenvalue weighted by molar-refractivity contribution is -0.122. The number of amides is 1. The van der Waals surface area contributed by atoms with Crippen molar-refractivity contribution in [2.24, 2.45) is 0 Å². The molecule has 2 aromatic carbocycles. The average Bonchev–Trinajstić information content (AvgIpc) is 3.88. The minimum absolute atomic E-state index is 0.0481. The standard InChI is InChI=1S/C23H36N4O2.C20H31N3O/c1-5-6-7-9-19-16-20(10-11-21(19)29-17-22(28)24-4)23(2,3)26-12-8-14-27-15-13-25-18-27;1-4-5-6-8-17-15-18(9-10-19(17)24)20(2,3)22-11-7-13-23-14-12-21-16-23/h10-11,13,15-16,18,26H,5-9,12,14,17H2,1-4H3,(H,24,28);9-10,12,14-16,22,24H,4-8,11,13H2,1-3H3. The van der Waals surface area contributed by atoms with Crippen molar-refractivity contribution in [2.75, 3.05) is 26.7 Å². The number of hydrogen-bond donors (Lipinski definition) is 4. The van der Waals surface area contributed by atoms with Crippen LogP contribution in [0.4, 0.5) is 0 Å². The van der Waals surface area contributed by atoms with Gasteiger partial charge in [0.1, 0.15) is 11.5 Å². The molecule has 4 rings (SSSR count). The third-order valence-electron chi connectivity index (χ3n) is 9.76. The van der Waals surface area contributed by atoms with Gasteiger partial charge in [-0.05, 0) is 114 Å². The van der Waals surface area contributed by atoms with Crippen molar-refractivity contribution in [2.45, 2.75) is 130 Å². The SMILES string of the molecule is CCCCCc1cc(C(C)(C)NCCCn2ccnc2)ccc1O.CCCCCc1cc(C(C)(C)NCCCn2ccnc2)ccc1OCC(=O)NC. The molecule has 0 saturated carbocycles. The molecule has 1 amide bonds. The number of unbranched alkanes of at least 4 members (excludes halogenated alkanes) is 4. The van der Waals surface area contributed by atoms with Gasteiger partial charge >= 0.3 is 0 Å². The van der Waals surface area contributed by atoms with Gasteiger partial charge in [0.05, 0.1) is 12.7 Å². The van der Waals surface area contributed by atoms with Crippen LogP contribution in [0.3, 0.4) is 0 Å². The molecule has 292 valence electrons. The Hall–Kier alpha value is -4.15. The molecule has 0 aliphatic heterocycles. The highest BCUT2D eigenvalue weighted by molar-refractivity contribution is 5.77. The average molecular weight is 730 g/mol. The number of rotatable bonds is 23. The summed E-state index contributed by atoms with van der Waals surface area (Å²) in [6.45, 7) is 17.1. The van der Waals surface area contributed by atoms with E-state index in [4.69, 9.17) is 4.74 Å². The summed E-state index contributed by atoms with van der Waals surface area (Å²) in [6, 6.07) is 12.4. The van der Waals surface area contributed by atoms with Crippen molar-refractivity contribution in [1.82, 2.24) is 35.1 Å². The second-order valence-corrected chi connectivity index (χ2v) is 15.0. The van der Waals surface area contributed by atoms with Gasteiger partial charge in [0.2, 0.25) is 0 Å². The molecular formula is C43H67N7O3. The summed E-state index contributed by atoms with van der Waals surface area (Å²) >= 11 is 0. The predicted molar refractivity (Wildman–Crippen MR) is 216 cm³/mol. The van der Waals surface area contributed by atoms with Crippen LogP contribution in [0.1, 0.15) is 115 Å². The van der Waals surface area contributed by atoms with Crippen LogP contribution in [-0.2, 0) is 41.8 Å². The first-order chi connectivity index (χ1) is 25.5. The summed E-state index contributed by atoms with van der Waals surface area (Å²) < 4.78 is 9.98. The number of carbonyl (C=O) groups excluding carboxylic acids is 1. The number of phenols is 1. The molecule has 4 aromatic rings. The Morgan fingerprint density at radius 3 is 1.74 bits per heavy atom. The number of benzene rings is 2. The number of nitrogens with one attached hydrogen (secondary N) is 3. The highest BCUT2D eigenvalue weighted by atomic mass is 16.5. The second-order valence-electron chi connectivity index (χ2n) is 15.0. The van der Waals surface area contributed by atoms with Gasteiger partial charge in [0.25, 0.3) is 5.91 Å². The van der Waals surface area contributed by atoms with Gasteiger partial charge in [-0.1, -0.05) is 63.8 Å². The molecule has 0 radical (unpaired) electrons. The van der Waals surface area contributed by atoms with E-state index in [0.29, 0.717) is 5.75 Å². The van der Waals surface area contributed by atoms with Crippen LogP contribution >= 0.6 is 0 Å². The van der Waals surface area contributed by atoms with Crippen LogP contribution in [-0.4, -0.2) is 56.9 Å². The molecule has 0 fully saturated rings. The van der Waals surface area contributed by atoms with Crippen molar-refractivity contribution in [1.29, 1.82) is 0 Å². The predicted octanol–water partition coefficient (Wildman–Crippen LogP) is 7.89. The zero-order valence-electron chi connectivity index (χ0n) is 33.6. The fourth-order valence-electron chi connectivity index (χ4n) is 6.19. The highest BCUT2D eigenvalue weighted by Crippen LogP contribution is 2.29. The van der Waals surface area contributed by atoms with E-state index in [1.807, 2.05) is 55.6 Å². The maximum Gasteiger partial charge on any atom is 0.257 e. The van der Waals surface area contributed by atoms with E-state index in [9.17, 15) is 9.90 Å². The van der Waals surface area contributed by atoms with Crippen LogP contribution < -0.4 is 20.7 Å². The molecular weight excluding hydrogens is 663 g/mol. The number of aromatic hydroxyl groups is 1. The highest BCUT2D eigenvalue weighted by Gasteiger charge is 2.22. The molecule has 0 atom stereocenters. The van der Waals surface area contributed by atoms with E-state index >= 15 is 0 Å². The minimum atomic E-state index is -0.145. The van der Waals surface area contributed by atoms with Crippen LogP contribution in [0.15, 0.2) is 73.8 Å². The first kappa shape index (κ1) is 43.3. The summed E-state index contributed by atoms with van der Waals surface area (Å²) in [7, 11) is 1.62. The van der Waals surface area contributed by atoms with Crippen molar-refractivity contribution >= 4 is 5.91 Å². The van der Waals surface area contributed by atoms with E-state index in [2.05, 4.69) is 94.8 Å². The van der Waals surface area contributed by atoms with Gasteiger partial charge in [-0.3, -0.25) is 4.79 Å². The molecule has 0 spiro atoms. The molecule has 0 unspecified atom stereocenters. The molecule has 53 heavy (non-hydrogen) atoms. The Morgan fingerprint density at radius 2 is 1.25 bits per heavy atom. The van der Waals surface area contributed by atoms with Gasteiger partial charge in [-0.2, -0.15) is 0 Å². The molecule has 2 heterocycles. The van der Waals surface area contributed by atoms with Gasteiger partial charge in [0, 0.05) is 56.0 Å². The number of aryl methyl sites for hydroxylation is 4. The lowest BCUT2D eigenvalue weighted by Gasteiger charge is -2.28. The first-order valence-corrected chi connectivity index (χ1v) is 19.7. The largest absolute Gasteiger partial charge is 0.508 e. The topological polar surface area (TPSA) is 118 Å². The molecule has 10 nitrogen and oxygen atoms in total. The fraction of sp³-hybridized carbons (Fsp3) is 0.558. The van der Waals surface area contributed by atoms with Crippen LogP contribution in [0.2, 0.25) is 0 Å². The number of ether oxygens (including phenoxy) is 1. The summed E-state index contributed by atoms with van der Waals surface area (Å²) in [5, 5.41) is 20.0.